The van der Waals surface area contributed by atoms with Crippen LogP contribution in [0.5, 0.6) is 0 Å². The Morgan fingerprint density at radius 3 is 2.68 bits per heavy atom. The van der Waals surface area contributed by atoms with Crippen LogP contribution in [0.25, 0.3) is 0 Å². The molecule has 0 bridgehead atoms. The normalized spacial score (nSPS) is 17.4. The summed E-state index contributed by atoms with van der Waals surface area (Å²) in [5, 5.41) is 12.4. The fourth-order valence-corrected chi connectivity index (χ4v) is 2.70. The Morgan fingerprint density at radius 1 is 1.42 bits per heavy atom. The predicted octanol–water partition coefficient (Wildman–Crippen LogP) is 3.06. The second kappa shape index (κ2) is 5.61. The molecule has 0 amide bonds. The van der Waals surface area contributed by atoms with E-state index in [0.29, 0.717) is 5.56 Å². The molecule has 0 radical (unpaired) electrons. The highest BCUT2D eigenvalue weighted by Crippen LogP contribution is 2.33. The minimum absolute atomic E-state index is 0.0890. The van der Waals surface area contributed by atoms with Crippen LogP contribution in [-0.2, 0) is 4.74 Å². The molecule has 0 unspecified atom stereocenters. The monoisotopic (exact) mass is 263 g/mol. The molecule has 2 rings (SSSR count). The van der Waals surface area contributed by atoms with Crippen molar-refractivity contribution in [3.8, 4) is 0 Å². The Labute approximate surface area is 113 Å². The van der Waals surface area contributed by atoms with E-state index < -0.39 is 5.97 Å². The Bertz CT molecular complexity index is 464. The van der Waals surface area contributed by atoms with Gasteiger partial charge in [0.15, 0.2) is 0 Å². The summed E-state index contributed by atoms with van der Waals surface area (Å²) in [6.07, 6.45) is 4.52. The Morgan fingerprint density at radius 2 is 2.11 bits per heavy atom. The van der Waals surface area contributed by atoms with Gasteiger partial charge < -0.3 is 15.2 Å². The van der Waals surface area contributed by atoms with Gasteiger partial charge in [-0.25, -0.2) is 4.79 Å². The summed E-state index contributed by atoms with van der Waals surface area (Å²) in [6.45, 7) is 2.53. The van der Waals surface area contributed by atoms with Crippen LogP contribution < -0.4 is 5.32 Å². The number of carbonyl (C=O) groups is 1. The molecular formula is C15H21NO3. The molecule has 1 aromatic carbocycles. The zero-order valence-corrected chi connectivity index (χ0v) is 11.5. The average molecular weight is 263 g/mol. The van der Waals surface area contributed by atoms with Gasteiger partial charge in [-0.3, -0.25) is 0 Å². The first kappa shape index (κ1) is 13.9. The number of anilines is 1. The van der Waals surface area contributed by atoms with E-state index >= 15 is 0 Å². The lowest BCUT2D eigenvalue weighted by atomic mass is 10.0. The molecule has 1 aliphatic carbocycles. The molecular weight excluding hydrogens is 242 g/mol. The lowest BCUT2D eigenvalue weighted by molar-refractivity contribution is 0.00743. The molecule has 1 aromatic rings. The molecule has 4 nitrogen and oxygen atoms in total. The first-order chi connectivity index (χ1) is 9.06. The van der Waals surface area contributed by atoms with Gasteiger partial charge in [0, 0.05) is 19.3 Å². The summed E-state index contributed by atoms with van der Waals surface area (Å²) in [4.78, 5) is 11.1. The molecule has 0 spiro atoms. The van der Waals surface area contributed by atoms with Crippen LogP contribution in [0, 0.1) is 6.92 Å². The summed E-state index contributed by atoms with van der Waals surface area (Å²) in [5.74, 6) is -0.886. The molecule has 104 valence electrons. The molecule has 1 fully saturated rings. The minimum Gasteiger partial charge on any atom is -0.478 e. The lowest BCUT2D eigenvalue weighted by Gasteiger charge is -2.28. The van der Waals surface area contributed by atoms with Gasteiger partial charge >= 0.3 is 5.97 Å². The summed E-state index contributed by atoms with van der Waals surface area (Å²) in [7, 11) is 1.75. The number of ether oxygens (including phenoxy) is 1. The third-order valence-electron chi connectivity index (χ3n) is 4.03. The third-order valence-corrected chi connectivity index (χ3v) is 4.03. The van der Waals surface area contributed by atoms with E-state index in [9.17, 15) is 4.79 Å². The van der Waals surface area contributed by atoms with Crippen molar-refractivity contribution in [2.45, 2.75) is 38.2 Å². The summed E-state index contributed by atoms with van der Waals surface area (Å²) in [5.41, 5.74) is 1.88. The number of aryl methyl sites for hydroxylation is 1. The Kier molecular flexibility index (Phi) is 4.10. The molecule has 1 aliphatic rings. The second-order valence-electron chi connectivity index (χ2n) is 5.28. The predicted molar refractivity (Wildman–Crippen MR) is 74.8 cm³/mol. The Hall–Kier alpha value is -1.55. The summed E-state index contributed by atoms with van der Waals surface area (Å²) < 4.78 is 5.64. The smallest absolute Gasteiger partial charge is 0.336 e. The van der Waals surface area contributed by atoms with E-state index in [1.165, 1.54) is 12.8 Å². The maximum atomic E-state index is 11.1. The van der Waals surface area contributed by atoms with Gasteiger partial charge in [0.25, 0.3) is 0 Å². The number of aromatic carboxylic acids is 1. The second-order valence-corrected chi connectivity index (χ2v) is 5.28. The van der Waals surface area contributed by atoms with Crippen molar-refractivity contribution in [2.24, 2.45) is 0 Å². The van der Waals surface area contributed by atoms with Gasteiger partial charge in [-0.15, -0.1) is 0 Å². The van der Waals surface area contributed by atoms with Crippen LogP contribution in [0.1, 0.15) is 41.6 Å². The molecule has 0 heterocycles. The van der Waals surface area contributed by atoms with Crippen molar-refractivity contribution < 1.29 is 14.6 Å². The zero-order valence-electron chi connectivity index (χ0n) is 11.5. The molecule has 1 saturated carbocycles. The fourth-order valence-electron chi connectivity index (χ4n) is 2.70. The van der Waals surface area contributed by atoms with Gasteiger partial charge in [0.1, 0.15) is 0 Å². The van der Waals surface area contributed by atoms with Gasteiger partial charge in [-0.2, -0.15) is 0 Å². The minimum atomic E-state index is -0.886. The van der Waals surface area contributed by atoms with E-state index in [1.54, 1.807) is 20.1 Å². The quantitative estimate of drug-likeness (QED) is 0.857. The molecule has 19 heavy (non-hydrogen) atoms. The highest BCUT2D eigenvalue weighted by Gasteiger charge is 2.33. The van der Waals surface area contributed by atoms with Crippen LogP contribution in [0.2, 0.25) is 0 Å². The first-order valence-electron chi connectivity index (χ1n) is 6.69. The van der Waals surface area contributed by atoms with E-state index in [-0.39, 0.29) is 5.60 Å². The first-order valence-corrected chi connectivity index (χ1v) is 6.69. The van der Waals surface area contributed by atoms with Crippen molar-refractivity contribution in [3.63, 3.8) is 0 Å². The summed E-state index contributed by atoms with van der Waals surface area (Å²) >= 11 is 0. The zero-order chi connectivity index (χ0) is 13.9. The number of benzene rings is 1. The van der Waals surface area contributed by atoms with Gasteiger partial charge in [-0.05, 0) is 37.5 Å². The molecule has 0 atom stereocenters. The molecule has 2 N–H and O–H groups in total. The van der Waals surface area contributed by atoms with Crippen molar-refractivity contribution in [1.29, 1.82) is 0 Å². The van der Waals surface area contributed by atoms with Crippen molar-refractivity contribution in [2.75, 3.05) is 19.0 Å². The van der Waals surface area contributed by atoms with Crippen molar-refractivity contribution in [1.82, 2.24) is 0 Å². The number of hydrogen-bond acceptors (Lipinski definition) is 3. The number of rotatable bonds is 5. The molecule has 0 aliphatic heterocycles. The SMILES string of the molecule is COC1(CNc2ccc(C)c(C(=O)O)c2)CCCC1. The number of carboxylic acids is 1. The largest absolute Gasteiger partial charge is 0.478 e. The van der Waals surface area contributed by atoms with Gasteiger partial charge in [0.2, 0.25) is 0 Å². The number of methoxy groups -OCH3 is 1. The van der Waals surface area contributed by atoms with E-state index in [1.807, 2.05) is 12.1 Å². The summed E-state index contributed by atoms with van der Waals surface area (Å²) in [6, 6.07) is 5.44. The third kappa shape index (κ3) is 3.07. The number of carboxylic acid groups (broad SMARTS) is 1. The molecule has 4 heteroatoms. The standard InChI is InChI=1S/C15H21NO3/c1-11-5-6-12(9-13(11)14(17)18)16-10-15(19-2)7-3-4-8-15/h5-6,9,16H,3-4,7-8,10H2,1-2H3,(H,17,18). The Balaban J connectivity index is 2.07. The fraction of sp³-hybridized carbons (Fsp3) is 0.533. The lowest BCUT2D eigenvalue weighted by Crippen LogP contribution is -2.36. The van der Waals surface area contributed by atoms with Crippen LogP contribution in [0.3, 0.4) is 0 Å². The van der Waals surface area contributed by atoms with Crippen LogP contribution in [0.4, 0.5) is 5.69 Å². The molecule has 0 saturated heterocycles. The topological polar surface area (TPSA) is 58.6 Å². The molecule has 0 aromatic heterocycles. The van der Waals surface area contributed by atoms with Crippen LogP contribution in [-0.4, -0.2) is 30.3 Å². The maximum absolute atomic E-state index is 11.1. The number of hydrogen-bond donors (Lipinski definition) is 2. The van der Waals surface area contributed by atoms with Gasteiger partial charge in [-0.1, -0.05) is 18.9 Å². The van der Waals surface area contributed by atoms with Crippen LogP contribution >= 0.6 is 0 Å². The van der Waals surface area contributed by atoms with Crippen LogP contribution in [0.15, 0.2) is 18.2 Å². The van der Waals surface area contributed by atoms with E-state index in [2.05, 4.69) is 5.32 Å². The van der Waals surface area contributed by atoms with Crippen molar-refractivity contribution >= 4 is 11.7 Å². The van der Waals surface area contributed by atoms with E-state index in [4.69, 9.17) is 9.84 Å². The van der Waals surface area contributed by atoms with Crippen molar-refractivity contribution in [3.05, 3.63) is 29.3 Å². The van der Waals surface area contributed by atoms with Gasteiger partial charge in [0.05, 0.1) is 11.2 Å². The van der Waals surface area contributed by atoms with E-state index in [0.717, 1.165) is 30.6 Å². The highest BCUT2D eigenvalue weighted by molar-refractivity contribution is 5.90. The highest BCUT2D eigenvalue weighted by atomic mass is 16.5. The maximum Gasteiger partial charge on any atom is 0.336 e. The average Bonchev–Trinajstić information content (AvgIpc) is 2.87. The number of nitrogens with one attached hydrogen (secondary N) is 1.